The summed E-state index contributed by atoms with van der Waals surface area (Å²) in [6, 6.07) is 0. The monoisotopic (exact) mass is 1800 g/mol. The van der Waals surface area contributed by atoms with E-state index >= 15 is 0 Å². The first-order valence-electron chi connectivity index (χ1n) is 40.5. The Morgan fingerprint density at radius 1 is 0.325 bits per heavy atom. The highest BCUT2D eigenvalue weighted by Crippen LogP contribution is 2.76. The normalized spacial score (nSPS) is 37.4. The van der Waals surface area contributed by atoms with Gasteiger partial charge in [-0.15, -0.1) is 0 Å². The summed E-state index contributed by atoms with van der Waals surface area (Å²) < 4.78 is 46.1. The minimum Gasteiger partial charge on any atom is -0.481 e. The fraction of sp³-hybridized carbons (Fsp3) is 0.882. The van der Waals surface area contributed by atoms with Crippen LogP contribution >= 0.6 is 0 Å². The quantitative estimate of drug-likeness (QED) is 0.0257. The second-order valence-electron chi connectivity index (χ2n) is 38.1. The maximum Gasteiger partial charge on any atom is 0.317 e. The lowest BCUT2D eigenvalue weighted by atomic mass is 9.52. The second kappa shape index (κ2) is 51.1. The number of unbranched alkanes of at least 4 members (excludes halogenated alkanes) is 1. The number of cyclic esters (lactones) is 4. The number of rotatable bonds is 27. The minimum absolute atomic E-state index is 0. The van der Waals surface area contributed by atoms with Crippen LogP contribution in [0.25, 0.3) is 0 Å². The third kappa shape index (κ3) is 23.7. The predicted octanol–water partition coefficient (Wildman–Crippen LogP) is 21.6. The maximum atomic E-state index is 14.3. The van der Waals surface area contributed by atoms with Crippen molar-refractivity contribution in [3.63, 3.8) is 0 Å². The van der Waals surface area contributed by atoms with Gasteiger partial charge in [0.1, 0.15) is 24.4 Å². The highest BCUT2D eigenvalue weighted by molar-refractivity contribution is 5.97. The number of hydrogen-bond acceptors (Lipinski definition) is 22. The van der Waals surface area contributed by atoms with Crippen LogP contribution in [0.2, 0.25) is 0 Å². The van der Waals surface area contributed by atoms with E-state index in [9.17, 15) is 78.0 Å². The van der Waals surface area contributed by atoms with Gasteiger partial charge in [-0.05, 0) is 286 Å². The minimum atomic E-state index is -0.861. The van der Waals surface area contributed by atoms with Crippen LogP contribution in [0.4, 0.5) is 0 Å². The Bertz CT molecular complexity index is 3260. The lowest BCUT2D eigenvalue weighted by molar-refractivity contribution is -0.167. The molecule has 2 heterocycles. The molecule has 24 heteroatoms. The Hall–Kier alpha value is -6.04. The number of ether oxygens (including phenoxy) is 8. The highest BCUT2D eigenvalue weighted by atomic mass is 16.6. The van der Waals surface area contributed by atoms with E-state index in [0.717, 1.165) is 0 Å². The fourth-order valence-corrected chi connectivity index (χ4v) is 28.0. The molecule has 36 atom stereocenters. The van der Waals surface area contributed by atoms with Crippen LogP contribution in [0.3, 0.4) is 0 Å². The number of carboxylic acids is 2. The average Bonchev–Trinajstić information content (AvgIpc) is 1.53. The van der Waals surface area contributed by atoms with Gasteiger partial charge in [-0.3, -0.25) is 57.5 Å². The van der Waals surface area contributed by atoms with Crippen molar-refractivity contribution in [2.24, 2.45) is 213 Å². The van der Waals surface area contributed by atoms with E-state index < -0.39 is 154 Å². The number of aliphatic hydroxyl groups is 2. The molecule has 126 heavy (non-hydrogen) atoms. The van der Waals surface area contributed by atoms with Crippen molar-refractivity contribution in [3.8, 4) is 0 Å². The molecule has 2 saturated heterocycles. The van der Waals surface area contributed by atoms with E-state index in [1.54, 1.807) is 13.8 Å². The maximum absolute atomic E-state index is 14.3. The molecule has 746 valence electrons. The van der Waals surface area contributed by atoms with Crippen LogP contribution in [0.1, 0.15) is 321 Å². The molecule has 0 aromatic heterocycles. The molecule has 12 aliphatic carbocycles. The van der Waals surface area contributed by atoms with E-state index in [1.807, 2.05) is 55.4 Å². The van der Waals surface area contributed by atoms with Crippen molar-refractivity contribution in [1.82, 2.24) is 0 Å². The Morgan fingerprint density at radius 3 is 0.825 bits per heavy atom. The van der Waals surface area contributed by atoms with Gasteiger partial charge in [0.25, 0.3) is 0 Å². The summed E-state index contributed by atoms with van der Waals surface area (Å²) >= 11 is 0. The topological polar surface area (TPSA) is 360 Å². The van der Waals surface area contributed by atoms with Crippen LogP contribution in [-0.2, 0) is 95.4 Å². The van der Waals surface area contributed by atoms with Gasteiger partial charge in [-0.25, -0.2) is 0 Å². The molecule has 2 aliphatic heterocycles. The van der Waals surface area contributed by atoms with E-state index in [-0.39, 0.29) is 330 Å². The molecular weight excluding hydrogens is 1610 g/mol. The first-order chi connectivity index (χ1) is 50.2. The molecule has 14 aliphatic rings. The number of esters is 10. The molecule has 14 rings (SSSR count). The summed E-state index contributed by atoms with van der Waals surface area (Å²) in [7, 11) is 0. The summed E-state index contributed by atoms with van der Waals surface area (Å²) in [6.45, 7) is 17.1. The lowest BCUT2D eigenvalue weighted by Crippen LogP contribution is -2.51. The Balaban J connectivity index is -0.00000142. The van der Waals surface area contributed by atoms with Gasteiger partial charge >= 0.3 is 71.6 Å². The van der Waals surface area contributed by atoms with Crippen molar-refractivity contribution in [2.45, 2.75) is 332 Å². The standard InChI is InChI=1S/C82H114O24.20CH4/c1-33(19-43-37-21-45(51(23-37)69(85)86)63(43)59-39-25-47(53(29-39)75(93)101-17-13-83)67(59)61-41-27-49(55(31-41)77(95)105-81(5,6)7)65(61)57-35(3)73(91)103-79(57)97)71(89)99-15-11-12-16-100-72(90)34(2)20-44-38-22-46(52(24-38)70(87)88)64(44)60-40-26-48(54(30-40)76(94)102-18-14-84)68(60)62-42-28-50(56(32-42)78(96)106-82(8,9)10)66(62)58-36(4)74(92)104-80(58)98;;;;;;;;;;;;;;;;;;;;/h33-68,83-84H,11-32H2,1-10H3,(H,85,86)(H,87,88);20*1H4. The molecular formula is C102H194O24. The van der Waals surface area contributed by atoms with Crippen molar-refractivity contribution >= 4 is 71.6 Å². The smallest absolute Gasteiger partial charge is 0.317 e. The average molecular weight is 1800 g/mol. The first kappa shape index (κ1) is 133. The molecule has 4 N–H and O–H groups in total. The number of fused-ring (bicyclic) bond motifs is 12. The number of aliphatic hydroxyl groups excluding tert-OH is 2. The van der Waals surface area contributed by atoms with Gasteiger partial charge in [-0.2, -0.15) is 0 Å². The van der Waals surface area contributed by atoms with E-state index in [2.05, 4.69) is 0 Å². The van der Waals surface area contributed by atoms with Gasteiger partial charge < -0.3 is 58.3 Å². The number of carboxylic acid groups (broad SMARTS) is 2. The second-order valence-corrected chi connectivity index (χ2v) is 38.1. The Labute approximate surface area is 768 Å². The zero-order valence-electron chi connectivity index (χ0n) is 63.3. The molecule has 0 radical (unpaired) electrons. The predicted molar refractivity (Wildman–Crippen MR) is 504 cm³/mol. The summed E-state index contributed by atoms with van der Waals surface area (Å²) in [5.74, 6) is -18.2. The van der Waals surface area contributed by atoms with Crippen LogP contribution in [0.5, 0.6) is 0 Å². The number of carbonyl (C=O) groups excluding carboxylic acids is 10. The van der Waals surface area contributed by atoms with Crippen LogP contribution in [0.15, 0.2) is 0 Å². The van der Waals surface area contributed by atoms with Crippen LogP contribution < -0.4 is 0 Å². The van der Waals surface area contributed by atoms with Crippen molar-refractivity contribution in [1.29, 1.82) is 0 Å². The molecule has 0 amide bonds. The zero-order chi connectivity index (χ0) is 75.9. The molecule has 36 unspecified atom stereocenters. The summed E-state index contributed by atoms with van der Waals surface area (Å²) in [5, 5.41) is 41.2. The highest BCUT2D eigenvalue weighted by Gasteiger charge is 2.74. The zero-order valence-corrected chi connectivity index (χ0v) is 63.3. The SMILES string of the molecule is C.C.C.C.C.C.C.C.C.C.C.C.C.C.C.C.C.C.C.C.CC(CC1C2CC(C(=O)O)C(C2)C1C1C2CC(C(=O)OCCO)C(C2)C1C1C2CC(C(=O)OC(C)(C)C)C(C2)C1C1C(=O)OC(=O)C1C)C(=O)OCCCCOC(=O)C(C)CC1C2CC(C(=O)O)C(C2)C1C1C2CC(C(=O)OCCO)C(C2)C1C1C2CC(C(=O)OC(C)(C)C)C(C2)C1C1C(=O)OC(=O)C1C. The third-order valence-electron chi connectivity index (χ3n) is 30.8. The van der Waals surface area contributed by atoms with Crippen molar-refractivity contribution in [3.05, 3.63) is 0 Å². The van der Waals surface area contributed by atoms with Crippen molar-refractivity contribution in [2.75, 3.05) is 39.6 Å². The van der Waals surface area contributed by atoms with Crippen molar-refractivity contribution < 1.29 is 116 Å². The summed E-state index contributed by atoms with van der Waals surface area (Å²) in [4.78, 5) is 166. The molecule has 0 aromatic carbocycles. The molecule has 14 fully saturated rings. The van der Waals surface area contributed by atoms with E-state index in [1.165, 1.54) is 0 Å². The number of aliphatic carboxylic acids is 2. The lowest BCUT2D eigenvalue weighted by Gasteiger charge is -2.51. The van der Waals surface area contributed by atoms with E-state index in [4.69, 9.17) is 37.9 Å². The van der Waals surface area contributed by atoms with Gasteiger partial charge in [-0.1, -0.05) is 176 Å². The largest absolute Gasteiger partial charge is 0.481 e. The van der Waals surface area contributed by atoms with Gasteiger partial charge in [0.05, 0.1) is 97.4 Å². The molecule has 24 nitrogen and oxygen atoms in total. The number of hydrogen-bond donors (Lipinski definition) is 4. The molecule has 12 saturated carbocycles. The van der Waals surface area contributed by atoms with Gasteiger partial charge in [0.15, 0.2) is 0 Å². The Kier molecular flexibility index (Phi) is 54.0. The molecule has 0 spiro atoms. The number of carbonyl (C=O) groups is 12. The Morgan fingerprint density at radius 2 is 0.571 bits per heavy atom. The fourth-order valence-electron chi connectivity index (χ4n) is 28.0. The van der Waals surface area contributed by atoms with E-state index in [0.29, 0.717) is 103 Å². The molecule has 12 bridgehead atoms. The van der Waals surface area contributed by atoms with Gasteiger partial charge in [0, 0.05) is 0 Å². The summed E-state index contributed by atoms with van der Waals surface area (Å²) in [5.41, 5.74) is -1.54. The van der Waals surface area contributed by atoms with Gasteiger partial charge in [0.2, 0.25) is 0 Å². The first-order valence-corrected chi connectivity index (χ1v) is 40.5. The molecule has 0 aromatic rings. The van der Waals surface area contributed by atoms with Crippen LogP contribution in [-0.4, -0.2) is 143 Å². The third-order valence-corrected chi connectivity index (χ3v) is 30.8. The van der Waals surface area contributed by atoms with Crippen LogP contribution in [0, 0.1) is 213 Å². The summed E-state index contributed by atoms with van der Waals surface area (Å²) in [6.07, 6.45) is 8.58.